The summed E-state index contributed by atoms with van der Waals surface area (Å²) in [7, 11) is 0. The molecule has 0 radical (unpaired) electrons. The van der Waals surface area contributed by atoms with E-state index in [0.717, 1.165) is 48.6 Å². The third-order valence-corrected chi connectivity index (χ3v) is 4.84. The third-order valence-electron chi connectivity index (χ3n) is 3.90. The zero-order valence-electron chi connectivity index (χ0n) is 12.3. The molecule has 4 heteroatoms. The molecule has 0 aliphatic carbocycles. The lowest BCUT2D eigenvalue weighted by atomic mass is 10.1. The molecular weight excluding hydrogens is 280 g/mol. The highest BCUT2D eigenvalue weighted by atomic mass is 32.1. The Morgan fingerprint density at radius 2 is 1.95 bits per heavy atom. The predicted molar refractivity (Wildman–Crippen MR) is 86.4 cm³/mol. The van der Waals surface area contributed by atoms with Crippen LogP contribution in [0, 0.1) is 6.92 Å². The van der Waals surface area contributed by atoms with Gasteiger partial charge in [0.05, 0.1) is 5.69 Å². The first-order valence-corrected chi connectivity index (χ1v) is 8.39. The van der Waals surface area contributed by atoms with Crippen molar-refractivity contribution in [1.82, 2.24) is 9.88 Å². The third kappa shape index (κ3) is 3.50. The fourth-order valence-corrected chi connectivity index (χ4v) is 3.47. The van der Waals surface area contributed by atoms with Crippen molar-refractivity contribution >= 4 is 17.2 Å². The lowest BCUT2D eigenvalue weighted by Crippen LogP contribution is -2.27. The molecule has 3 nitrogen and oxygen atoms in total. The Morgan fingerprint density at radius 1 is 1.24 bits per heavy atom. The quantitative estimate of drug-likeness (QED) is 0.863. The highest BCUT2D eigenvalue weighted by Crippen LogP contribution is 2.24. The molecule has 0 N–H and O–H groups in total. The maximum absolute atomic E-state index is 12.0. The Bertz CT molecular complexity index is 612. The summed E-state index contributed by atoms with van der Waals surface area (Å²) in [5, 5.41) is 3.12. The number of carbonyl (C=O) groups excluding carboxylic acids is 1. The number of carbonyl (C=O) groups is 1. The first-order valence-electron chi connectivity index (χ1n) is 7.51. The molecule has 1 fully saturated rings. The first kappa shape index (κ1) is 14.3. The van der Waals surface area contributed by atoms with E-state index in [4.69, 9.17) is 0 Å². The van der Waals surface area contributed by atoms with Crippen LogP contribution in [0.2, 0.25) is 0 Å². The normalized spacial score (nSPS) is 14.6. The van der Waals surface area contributed by atoms with E-state index in [0.29, 0.717) is 6.42 Å². The molecule has 1 aliphatic heterocycles. The Hall–Kier alpha value is -1.68. The van der Waals surface area contributed by atoms with Crippen LogP contribution in [0.15, 0.2) is 29.6 Å². The number of amides is 1. The molecule has 1 amide bonds. The number of hydrogen-bond acceptors (Lipinski definition) is 3. The summed E-state index contributed by atoms with van der Waals surface area (Å²) in [5.41, 5.74) is 3.44. The average Bonchev–Trinajstić information content (AvgIpc) is 3.17. The molecule has 1 aliphatic rings. The van der Waals surface area contributed by atoms with E-state index in [1.54, 1.807) is 11.3 Å². The van der Waals surface area contributed by atoms with E-state index >= 15 is 0 Å². The lowest BCUT2D eigenvalue weighted by Gasteiger charge is -2.14. The van der Waals surface area contributed by atoms with Crippen molar-refractivity contribution in [2.45, 2.75) is 32.6 Å². The van der Waals surface area contributed by atoms with Gasteiger partial charge in [-0.05, 0) is 26.2 Å². The number of thiazole rings is 1. The number of nitrogens with zero attached hydrogens (tertiary/aromatic N) is 2. The molecule has 3 rings (SSSR count). The molecule has 1 aromatic heterocycles. The Morgan fingerprint density at radius 3 is 2.67 bits per heavy atom. The highest BCUT2D eigenvalue weighted by Gasteiger charge is 2.17. The molecule has 0 spiro atoms. The Labute approximate surface area is 129 Å². The summed E-state index contributed by atoms with van der Waals surface area (Å²) in [6.07, 6.45) is 3.63. The Kier molecular flexibility index (Phi) is 4.34. The molecule has 1 aromatic carbocycles. The van der Waals surface area contributed by atoms with Crippen LogP contribution in [-0.2, 0) is 11.2 Å². The summed E-state index contributed by atoms with van der Waals surface area (Å²) >= 11 is 1.66. The summed E-state index contributed by atoms with van der Waals surface area (Å²) in [5.74, 6) is 0.275. The average molecular weight is 300 g/mol. The van der Waals surface area contributed by atoms with Gasteiger partial charge in [-0.2, -0.15) is 0 Å². The van der Waals surface area contributed by atoms with Crippen LogP contribution in [0.4, 0.5) is 0 Å². The fourth-order valence-electron chi connectivity index (χ4n) is 2.61. The number of aryl methyl sites for hydroxylation is 2. The number of benzene rings is 1. The van der Waals surface area contributed by atoms with Gasteiger partial charge in [0.25, 0.3) is 0 Å². The standard InChI is InChI=1S/C17H20N2OS/c1-13-4-6-14(7-5-13)17-18-15(12-21-17)8-9-16(20)19-10-2-3-11-19/h4-7,12H,2-3,8-11H2,1H3. The van der Waals surface area contributed by atoms with Crippen molar-refractivity contribution in [3.63, 3.8) is 0 Å². The minimum absolute atomic E-state index is 0.275. The van der Waals surface area contributed by atoms with E-state index < -0.39 is 0 Å². The van der Waals surface area contributed by atoms with Crippen molar-refractivity contribution in [2.75, 3.05) is 13.1 Å². The Balaban J connectivity index is 1.60. The predicted octanol–water partition coefficient (Wildman–Crippen LogP) is 3.67. The summed E-state index contributed by atoms with van der Waals surface area (Å²) < 4.78 is 0. The van der Waals surface area contributed by atoms with Crippen LogP contribution >= 0.6 is 11.3 Å². The van der Waals surface area contributed by atoms with Crippen LogP contribution in [0.25, 0.3) is 10.6 Å². The highest BCUT2D eigenvalue weighted by molar-refractivity contribution is 7.13. The summed E-state index contributed by atoms with van der Waals surface area (Å²) in [6, 6.07) is 8.42. The van der Waals surface area contributed by atoms with Crippen molar-refractivity contribution < 1.29 is 4.79 Å². The van der Waals surface area contributed by atoms with Gasteiger partial charge in [0.2, 0.25) is 5.91 Å². The van der Waals surface area contributed by atoms with Gasteiger partial charge in [-0.3, -0.25) is 4.79 Å². The molecule has 110 valence electrons. The molecule has 0 saturated carbocycles. The number of hydrogen-bond donors (Lipinski definition) is 0. The number of aromatic nitrogens is 1. The zero-order valence-corrected chi connectivity index (χ0v) is 13.2. The van der Waals surface area contributed by atoms with Crippen LogP contribution < -0.4 is 0 Å². The maximum atomic E-state index is 12.0. The molecule has 0 bridgehead atoms. The first-order chi connectivity index (χ1) is 10.2. The second-order valence-electron chi connectivity index (χ2n) is 5.60. The van der Waals surface area contributed by atoms with Gasteiger partial charge >= 0.3 is 0 Å². The maximum Gasteiger partial charge on any atom is 0.222 e. The summed E-state index contributed by atoms with van der Waals surface area (Å²) in [4.78, 5) is 18.7. The van der Waals surface area contributed by atoms with Gasteiger partial charge in [0.1, 0.15) is 5.01 Å². The van der Waals surface area contributed by atoms with E-state index in [1.165, 1.54) is 5.56 Å². The van der Waals surface area contributed by atoms with Gasteiger partial charge in [-0.25, -0.2) is 4.98 Å². The van der Waals surface area contributed by atoms with Crippen molar-refractivity contribution in [2.24, 2.45) is 0 Å². The van der Waals surface area contributed by atoms with Gasteiger partial charge in [0.15, 0.2) is 0 Å². The fraction of sp³-hybridized carbons (Fsp3) is 0.412. The second kappa shape index (κ2) is 6.39. The number of rotatable bonds is 4. The molecule has 2 aromatic rings. The van der Waals surface area contributed by atoms with Gasteiger partial charge in [-0.1, -0.05) is 29.8 Å². The molecule has 1 saturated heterocycles. The van der Waals surface area contributed by atoms with E-state index in [2.05, 4.69) is 41.6 Å². The van der Waals surface area contributed by atoms with E-state index in [9.17, 15) is 4.79 Å². The van der Waals surface area contributed by atoms with Crippen LogP contribution in [0.5, 0.6) is 0 Å². The van der Waals surface area contributed by atoms with Crippen molar-refractivity contribution in [3.8, 4) is 10.6 Å². The monoisotopic (exact) mass is 300 g/mol. The zero-order chi connectivity index (χ0) is 14.7. The van der Waals surface area contributed by atoms with E-state index in [1.807, 2.05) is 4.90 Å². The number of likely N-dealkylation sites (tertiary alicyclic amines) is 1. The van der Waals surface area contributed by atoms with Crippen LogP contribution in [0.1, 0.15) is 30.5 Å². The molecule has 0 atom stereocenters. The second-order valence-corrected chi connectivity index (χ2v) is 6.46. The van der Waals surface area contributed by atoms with Crippen LogP contribution in [-0.4, -0.2) is 28.9 Å². The molecule has 2 heterocycles. The van der Waals surface area contributed by atoms with Gasteiger partial charge in [0, 0.05) is 30.5 Å². The smallest absolute Gasteiger partial charge is 0.222 e. The minimum Gasteiger partial charge on any atom is -0.343 e. The topological polar surface area (TPSA) is 33.2 Å². The van der Waals surface area contributed by atoms with Crippen molar-refractivity contribution in [1.29, 1.82) is 0 Å². The molecule has 21 heavy (non-hydrogen) atoms. The summed E-state index contributed by atoms with van der Waals surface area (Å²) in [6.45, 7) is 3.95. The minimum atomic E-state index is 0.275. The SMILES string of the molecule is Cc1ccc(-c2nc(CCC(=O)N3CCCC3)cs2)cc1. The lowest BCUT2D eigenvalue weighted by molar-refractivity contribution is -0.130. The van der Waals surface area contributed by atoms with Gasteiger partial charge in [-0.15, -0.1) is 11.3 Å². The molecular formula is C17H20N2OS. The van der Waals surface area contributed by atoms with Crippen LogP contribution in [0.3, 0.4) is 0 Å². The van der Waals surface area contributed by atoms with Gasteiger partial charge < -0.3 is 4.90 Å². The largest absolute Gasteiger partial charge is 0.343 e. The van der Waals surface area contributed by atoms with Crippen molar-refractivity contribution in [3.05, 3.63) is 40.9 Å². The van der Waals surface area contributed by atoms with E-state index in [-0.39, 0.29) is 5.91 Å². The molecule has 0 unspecified atom stereocenters.